The number of aromatic nitrogens is 1. The summed E-state index contributed by atoms with van der Waals surface area (Å²) in [7, 11) is 0. The molecule has 0 radical (unpaired) electrons. The average molecular weight is 474 g/mol. The maximum Gasteiger partial charge on any atom is 0.326 e. The third-order valence-electron chi connectivity index (χ3n) is 6.30. The molecule has 2 N–H and O–H groups in total. The molecule has 8 heteroatoms. The van der Waals surface area contributed by atoms with E-state index in [1.54, 1.807) is 19.2 Å². The molecule has 0 aliphatic heterocycles. The molecule has 0 saturated heterocycles. The van der Waals surface area contributed by atoms with Crippen molar-refractivity contribution in [3.8, 4) is 0 Å². The van der Waals surface area contributed by atoms with E-state index in [4.69, 9.17) is 14.3 Å². The lowest BCUT2D eigenvalue weighted by atomic mass is 9.97. The second kappa shape index (κ2) is 13.0. The van der Waals surface area contributed by atoms with Crippen LogP contribution in [0.3, 0.4) is 0 Å². The number of carbonyl (C=O) groups excluding carboxylic acids is 2. The van der Waals surface area contributed by atoms with Crippen molar-refractivity contribution < 1.29 is 23.9 Å². The van der Waals surface area contributed by atoms with Gasteiger partial charge in [-0.3, -0.25) is 19.9 Å². The molecule has 1 atom stereocenters. The van der Waals surface area contributed by atoms with Gasteiger partial charge in [0.15, 0.2) is 6.29 Å². The summed E-state index contributed by atoms with van der Waals surface area (Å²) in [6, 6.07) is 3.79. The van der Waals surface area contributed by atoms with E-state index in [1.165, 1.54) is 6.08 Å². The number of nitrogens with one attached hydrogen (secondary N) is 2. The third kappa shape index (κ3) is 8.18. The number of esters is 1. The van der Waals surface area contributed by atoms with Gasteiger partial charge in [-0.25, -0.2) is 10.3 Å². The number of carbonyl (C=O) groups is 2. The summed E-state index contributed by atoms with van der Waals surface area (Å²) in [4.78, 5) is 34.5. The molecule has 3 rings (SSSR count). The highest BCUT2D eigenvalue weighted by molar-refractivity contribution is 5.90. The van der Waals surface area contributed by atoms with E-state index < -0.39 is 11.8 Å². The van der Waals surface area contributed by atoms with Gasteiger partial charge in [-0.2, -0.15) is 0 Å². The van der Waals surface area contributed by atoms with Crippen molar-refractivity contribution in [1.82, 2.24) is 15.8 Å². The number of amides is 1. The fourth-order valence-electron chi connectivity index (χ4n) is 4.31. The van der Waals surface area contributed by atoms with E-state index >= 15 is 0 Å². The van der Waals surface area contributed by atoms with E-state index in [0.717, 1.165) is 62.6 Å². The minimum atomic E-state index is -0.600. The average Bonchev–Trinajstić information content (AvgIpc) is 3.52. The first-order chi connectivity index (χ1) is 16.4. The van der Waals surface area contributed by atoms with Gasteiger partial charge in [0, 0.05) is 18.8 Å². The van der Waals surface area contributed by atoms with Crippen LogP contribution in [0.1, 0.15) is 83.4 Å². The molecule has 188 valence electrons. The first-order valence-electron chi connectivity index (χ1n) is 12.5. The summed E-state index contributed by atoms with van der Waals surface area (Å²) in [5.74, 6) is -0.0925. The minimum Gasteiger partial charge on any atom is -0.461 e. The van der Waals surface area contributed by atoms with Crippen molar-refractivity contribution in [1.29, 1.82) is 0 Å². The topological polar surface area (TPSA) is 98.8 Å². The second-order valence-corrected chi connectivity index (χ2v) is 9.75. The number of pyridine rings is 1. The fraction of sp³-hybridized carbons (Fsp3) is 0.654. The molecule has 0 aromatic carbocycles. The van der Waals surface area contributed by atoms with Crippen LogP contribution in [0.15, 0.2) is 24.4 Å². The summed E-state index contributed by atoms with van der Waals surface area (Å²) >= 11 is 0. The SMILES string of the molecule is CC(C)COC(C)ONC(=O)/C=C/c1ccc(CNC2(C(=O)OC3CCCC3)CCCC2)nc1. The van der Waals surface area contributed by atoms with Gasteiger partial charge >= 0.3 is 5.97 Å². The highest BCUT2D eigenvalue weighted by atomic mass is 16.8. The quantitative estimate of drug-likeness (QED) is 0.204. The van der Waals surface area contributed by atoms with Crippen LogP contribution in [0.5, 0.6) is 0 Å². The predicted octanol–water partition coefficient (Wildman–Crippen LogP) is 4.05. The lowest BCUT2D eigenvalue weighted by Gasteiger charge is -2.29. The summed E-state index contributed by atoms with van der Waals surface area (Å²) in [6.07, 6.45) is 12.2. The van der Waals surface area contributed by atoms with Crippen molar-refractivity contribution in [2.45, 2.75) is 96.6 Å². The Morgan fingerprint density at radius 3 is 2.53 bits per heavy atom. The molecule has 2 aliphatic carbocycles. The molecule has 1 amide bonds. The summed E-state index contributed by atoms with van der Waals surface area (Å²) in [5, 5.41) is 3.45. The molecule has 0 bridgehead atoms. The predicted molar refractivity (Wildman–Crippen MR) is 129 cm³/mol. The highest BCUT2D eigenvalue weighted by Crippen LogP contribution is 2.33. The molecule has 1 heterocycles. The molecule has 1 unspecified atom stereocenters. The van der Waals surface area contributed by atoms with E-state index in [2.05, 4.69) is 15.8 Å². The lowest BCUT2D eigenvalue weighted by Crippen LogP contribution is -2.51. The Kier molecular flexibility index (Phi) is 10.0. The zero-order valence-electron chi connectivity index (χ0n) is 20.7. The van der Waals surface area contributed by atoms with E-state index in [-0.39, 0.29) is 18.0 Å². The first-order valence-corrected chi connectivity index (χ1v) is 12.5. The standard InChI is InChI=1S/C26H39N3O5/c1-19(2)18-32-20(3)34-29-24(30)13-11-21-10-12-22(27-16-21)17-28-26(14-6-7-15-26)25(31)33-23-8-4-5-9-23/h10-13,16,19-20,23,28H,4-9,14-15,17-18H2,1-3H3,(H,29,30)/b13-11+. The van der Waals surface area contributed by atoms with Crippen LogP contribution in [0.2, 0.25) is 0 Å². The van der Waals surface area contributed by atoms with Gasteiger partial charge in [0.25, 0.3) is 5.91 Å². The highest BCUT2D eigenvalue weighted by Gasteiger charge is 2.43. The van der Waals surface area contributed by atoms with Gasteiger partial charge in [-0.15, -0.1) is 0 Å². The number of hydrogen-bond acceptors (Lipinski definition) is 7. The number of hydrogen-bond donors (Lipinski definition) is 2. The maximum atomic E-state index is 12.9. The van der Waals surface area contributed by atoms with Crippen LogP contribution < -0.4 is 10.8 Å². The Labute approximate surface area is 202 Å². The van der Waals surface area contributed by atoms with E-state index in [0.29, 0.717) is 19.1 Å². The van der Waals surface area contributed by atoms with Crippen LogP contribution in [-0.4, -0.2) is 41.4 Å². The minimum absolute atomic E-state index is 0.0781. The Morgan fingerprint density at radius 1 is 1.15 bits per heavy atom. The van der Waals surface area contributed by atoms with Crippen LogP contribution >= 0.6 is 0 Å². The zero-order chi connectivity index (χ0) is 24.4. The van der Waals surface area contributed by atoms with Crippen molar-refractivity contribution in [3.63, 3.8) is 0 Å². The lowest BCUT2D eigenvalue weighted by molar-refractivity contribution is -0.180. The van der Waals surface area contributed by atoms with Gasteiger partial charge in [-0.1, -0.05) is 32.8 Å². The van der Waals surface area contributed by atoms with Gasteiger partial charge in [-0.05, 0) is 69.1 Å². The molecular formula is C26H39N3O5. The van der Waals surface area contributed by atoms with Crippen molar-refractivity contribution in [2.24, 2.45) is 5.92 Å². The smallest absolute Gasteiger partial charge is 0.326 e. The molecular weight excluding hydrogens is 434 g/mol. The van der Waals surface area contributed by atoms with Crippen LogP contribution in [0.25, 0.3) is 6.08 Å². The zero-order valence-corrected chi connectivity index (χ0v) is 20.7. The fourth-order valence-corrected chi connectivity index (χ4v) is 4.31. The molecule has 2 aliphatic rings. The van der Waals surface area contributed by atoms with Crippen molar-refractivity contribution >= 4 is 18.0 Å². The molecule has 2 saturated carbocycles. The van der Waals surface area contributed by atoms with Gasteiger partial charge in [0.1, 0.15) is 11.6 Å². The molecule has 0 spiro atoms. The largest absolute Gasteiger partial charge is 0.461 e. The number of ether oxygens (including phenoxy) is 2. The Morgan fingerprint density at radius 2 is 1.88 bits per heavy atom. The van der Waals surface area contributed by atoms with Gasteiger partial charge in [0.2, 0.25) is 0 Å². The third-order valence-corrected chi connectivity index (χ3v) is 6.30. The Hall–Kier alpha value is -2.29. The molecule has 1 aromatic heterocycles. The summed E-state index contributed by atoms with van der Waals surface area (Å²) < 4.78 is 11.3. The summed E-state index contributed by atoms with van der Waals surface area (Å²) in [5.41, 5.74) is 3.38. The normalized spacial score (nSPS) is 19.1. The molecule has 2 fully saturated rings. The summed E-state index contributed by atoms with van der Waals surface area (Å²) in [6.45, 7) is 6.87. The Balaban J connectivity index is 1.45. The second-order valence-electron chi connectivity index (χ2n) is 9.75. The monoisotopic (exact) mass is 473 g/mol. The number of hydroxylamine groups is 1. The van der Waals surface area contributed by atoms with Crippen molar-refractivity contribution in [2.75, 3.05) is 6.61 Å². The van der Waals surface area contributed by atoms with E-state index in [1.807, 2.05) is 26.0 Å². The first kappa shape index (κ1) is 26.3. The number of rotatable bonds is 12. The molecule has 34 heavy (non-hydrogen) atoms. The molecule has 8 nitrogen and oxygen atoms in total. The number of nitrogens with zero attached hydrogens (tertiary/aromatic N) is 1. The van der Waals surface area contributed by atoms with Gasteiger partial charge in [0.05, 0.1) is 12.3 Å². The van der Waals surface area contributed by atoms with Crippen LogP contribution in [0.4, 0.5) is 0 Å². The Bertz CT molecular complexity index is 812. The molecule has 1 aromatic rings. The van der Waals surface area contributed by atoms with Crippen LogP contribution in [-0.2, 0) is 30.4 Å². The maximum absolute atomic E-state index is 12.9. The van der Waals surface area contributed by atoms with E-state index in [9.17, 15) is 9.59 Å². The van der Waals surface area contributed by atoms with Crippen molar-refractivity contribution in [3.05, 3.63) is 35.7 Å². The van der Waals surface area contributed by atoms with Crippen LogP contribution in [0, 0.1) is 5.92 Å². The van der Waals surface area contributed by atoms with Gasteiger partial charge < -0.3 is 9.47 Å².